The number of aromatic nitrogens is 3. The van der Waals surface area contributed by atoms with Crippen molar-refractivity contribution >= 4 is 18.4 Å². The Morgan fingerprint density at radius 3 is 2.89 bits per heavy atom. The first-order chi connectivity index (χ1) is 8.86. The fraction of sp³-hybridized carbons (Fsp3) is 0.167. The van der Waals surface area contributed by atoms with Crippen LogP contribution in [0.1, 0.15) is 12.7 Å². The van der Waals surface area contributed by atoms with E-state index in [0.29, 0.717) is 18.1 Å². The van der Waals surface area contributed by atoms with Crippen molar-refractivity contribution in [2.24, 2.45) is 0 Å². The lowest BCUT2D eigenvalue weighted by molar-refractivity contribution is 0.272. The van der Waals surface area contributed by atoms with Crippen LogP contribution in [0.4, 0.5) is 3.89 Å². The Hall–Kier alpha value is -1.82. The molecule has 0 aliphatic heterocycles. The summed E-state index contributed by atoms with van der Waals surface area (Å²) in [4.78, 5) is 8.08. The molecule has 0 atom stereocenters. The molecule has 0 unspecified atom stereocenters. The van der Waals surface area contributed by atoms with Gasteiger partial charge in [-0.3, -0.25) is 4.98 Å². The van der Waals surface area contributed by atoms with Gasteiger partial charge in [-0.05, 0) is 19.1 Å². The van der Waals surface area contributed by atoms with Gasteiger partial charge in [0.1, 0.15) is 5.82 Å². The molecule has 0 aliphatic rings. The molecule has 0 amide bonds. The standard InChI is InChI=1S/C12H12FN3OS/c1-2-17-8-5-12-15-9-11(16(12)18-13)10-3-6-14-7-4-10/h3-9H,2H2,1H3/b8-5+. The van der Waals surface area contributed by atoms with Crippen molar-refractivity contribution in [1.29, 1.82) is 0 Å². The Morgan fingerprint density at radius 1 is 1.44 bits per heavy atom. The van der Waals surface area contributed by atoms with Gasteiger partial charge >= 0.3 is 0 Å². The van der Waals surface area contributed by atoms with Crippen LogP contribution in [0.2, 0.25) is 0 Å². The molecule has 0 fully saturated rings. The van der Waals surface area contributed by atoms with Gasteiger partial charge in [-0.15, -0.1) is 3.89 Å². The second-order valence-corrected chi connectivity index (χ2v) is 3.86. The number of pyridine rings is 1. The van der Waals surface area contributed by atoms with Crippen LogP contribution in [0.25, 0.3) is 17.3 Å². The molecule has 2 aromatic rings. The molecular weight excluding hydrogens is 253 g/mol. The van der Waals surface area contributed by atoms with E-state index in [0.717, 1.165) is 5.56 Å². The Kier molecular flexibility index (Phi) is 4.35. The van der Waals surface area contributed by atoms with Crippen LogP contribution in [-0.2, 0) is 4.74 Å². The molecule has 2 rings (SSSR count). The summed E-state index contributed by atoms with van der Waals surface area (Å²) in [5.41, 5.74) is 1.54. The molecule has 2 heterocycles. The molecule has 6 heteroatoms. The van der Waals surface area contributed by atoms with Crippen molar-refractivity contribution in [3.63, 3.8) is 0 Å². The maximum absolute atomic E-state index is 13.0. The van der Waals surface area contributed by atoms with E-state index in [1.165, 1.54) is 10.2 Å². The Bertz CT molecular complexity index is 527. The SMILES string of the molecule is CCO/C=C/c1ncc(-c2ccncc2)n1SF. The smallest absolute Gasteiger partial charge is 0.171 e. The van der Waals surface area contributed by atoms with E-state index in [1.54, 1.807) is 36.8 Å². The minimum atomic E-state index is 0.109. The number of hydrogen-bond acceptors (Lipinski definition) is 4. The zero-order chi connectivity index (χ0) is 12.8. The minimum Gasteiger partial charge on any atom is -0.501 e. The molecule has 0 bridgehead atoms. The molecule has 4 nitrogen and oxygen atoms in total. The highest BCUT2D eigenvalue weighted by atomic mass is 32.2. The van der Waals surface area contributed by atoms with E-state index in [-0.39, 0.29) is 12.3 Å². The van der Waals surface area contributed by atoms with Gasteiger partial charge < -0.3 is 4.74 Å². The van der Waals surface area contributed by atoms with Crippen LogP contribution in [0, 0.1) is 0 Å². The number of hydrogen-bond donors (Lipinski definition) is 0. The molecule has 0 aliphatic carbocycles. The highest BCUT2D eigenvalue weighted by Gasteiger charge is 2.10. The Labute approximate surface area is 109 Å². The summed E-state index contributed by atoms with van der Waals surface area (Å²) in [6, 6.07) is 3.61. The van der Waals surface area contributed by atoms with Crippen LogP contribution >= 0.6 is 12.3 Å². The van der Waals surface area contributed by atoms with Gasteiger partial charge in [0.25, 0.3) is 0 Å². The second kappa shape index (κ2) is 6.20. The van der Waals surface area contributed by atoms with Crippen LogP contribution < -0.4 is 0 Å². The highest BCUT2D eigenvalue weighted by molar-refractivity contribution is 7.92. The third-order valence-electron chi connectivity index (χ3n) is 2.27. The number of nitrogens with zero attached hydrogens (tertiary/aromatic N) is 3. The molecule has 0 saturated heterocycles. The Morgan fingerprint density at radius 2 is 2.22 bits per heavy atom. The van der Waals surface area contributed by atoms with Crippen LogP contribution in [0.3, 0.4) is 0 Å². The summed E-state index contributed by atoms with van der Waals surface area (Å²) in [7, 11) is 0. The van der Waals surface area contributed by atoms with Crippen molar-refractivity contribution < 1.29 is 8.62 Å². The monoisotopic (exact) mass is 265 g/mol. The van der Waals surface area contributed by atoms with E-state index < -0.39 is 0 Å². The second-order valence-electron chi connectivity index (χ2n) is 3.36. The number of rotatable bonds is 5. The molecule has 94 valence electrons. The number of halogens is 1. The fourth-order valence-corrected chi connectivity index (χ4v) is 1.86. The van der Waals surface area contributed by atoms with E-state index >= 15 is 0 Å². The van der Waals surface area contributed by atoms with Gasteiger partial charge in [-0.1, -0.05) is 0 Å². The summed E-state index contributed by atoms with van der Waals surface area (Å²) in [6.07, 6.45) is 8.07. The normalized spacial score (nSPS) is 11.0. The third kappa shape index (κ3) is 2.70. The summed E-state index contributed by atoms with van der Waals surface area (Å²) in [5, 5.41) is 0. The lowest BCUT2D eigenvalue weighted by Crippen LogP contribution is -1.91. The molecule has 0 radical (unpaired) electrons. The molecule has 2 aromatic heterocycles. The van der Waals surface area contributed by atoms with E-state index in [9.17, 15) is 3.89 Å². The van der Waals surface area contributed by atoms with Crippen molar-refractivity contribution in [3.05, 3.63) is 42.8 Å². The highest BCUT2D eigenvalue weighted by Crippen LogP contribution is 2.26. The number of ether oxygens (including phenoxy) is 1. The van der Waals surface area contributed by atoms with Gasteiger partial charge in [0.05, 0.1) is 24.8 Å². The first kappa shape index (κ1) is 12.6. The van der Waals surface area contributed by atoms with Crippen molar-refractivity contribution in [2.45, 2.75) is 6.92 Å². The van der Waals surface area contributed by atoms with Gasteiger partial charge in [0, 0.05) is 24.0 Å². The van der Waals surface area contributed by atoms with Crippen molar-refractivity contribution in [2.75, 3.05) is 6.61 Å². The van der Waals surface area contributed by atoms with Gasteiger partial charge in [-0.2, -0.15) is 0 Å². The summed E-state index contributed by atoms with van der Waals surface area (Å²) in [6.45, 7) is 2.44. The molecule has 18 heavy (non-hydrogen) atoms. The zero-order valence-electron chi connectivity index (χ0n) is 9.78. The Balaban J connectivity index is 2.33. The van der Waals surface area contributed by atoms with Gasteiger partial charge in [-0.25, -0.2) is 8.96 Å². The topological polar surface area (TPSA) is 39.9 Å². The predicted octanol–water partition coefficient (Wildman–Crippen LogP) is 3.33. The minimum absolute atomic E-state index is 0.109. The van der Waals surface area contributed by atoms with Crippen LogP contribution in [0.5, 0.6) is 0 Å². The molecule has 0 saturated carbocycles. The average Bonchev–Trinajstić information content (AvgIpc) is 2.83. The molecule has 0 spiro atoms. The molecular formula is C12H12FN3OS. The zero-order valence-corrected chi connectivity index (χ0v) is 10.6. The number of imidazole rings is 1. The fourth-order valence-electron chi connectivity index (χ4n) is 1.46. The van der Waals surface area contributed by atoms with E-state index in [1.807, 2.05) is 6.92 Å². The largest absolute Gasteiger partial charge is 0.501 e. The van der Waals surface area contributed by atoms with Crippen LogP contribution in [-0.4, -0.2) is 20.5 Å². The summed E-state index contributed by atoms with van der Waals surface area (Å²) < 4.78 is 19.5. The third-order valence-corrected chi connectivity index (χ3v) is 2.79. The summed E-state index contributed by atoms with van der Waals surface area (Å²) in [5.74, 6) is 0.489. The lowest BCUT2D eigenvalue weighted by atomic mass is 10.2. The van der Waals surface area contributed by atoms with Crippen LogP contribution in [0.15, 0.2) is 37.0 Å². The van der Waals surface area contributed by atoms with E-state index in [2.05, 4.69) is 9.97 Å². The van der Waals surface area contributed by atoms with Gasteiger partial charge in [0.15, 0.2) is 12.3 Å². The average molecular weight is 265 g/mol. The predicted molar refractivity (Wildman–Crippen MR) is 70.2 cm³/mol. The summed E-state index contributed by atoms with van der Waals surface area (Å²) >= 11 is 0.109. The molecule has 0 N–H and O–H groups in total. The first-order valence-electron chi connectivity index (χ1n) is 5.42. The first-order valence-corrected chi connectivity index (χ1v) is 6.09. The quantitative estimate of drug-likeness (QED) is 0.777. The maximum Gasteiger partial charge on any atom is 0.171 e. The van der Waals surface area contributed by atoms with E-state index in [4.69, 9.17) is 4.74 Å². The lowest BCUT2D eigenvalue weighted by Gasteiger charge is -2.03. The maximum atomic E-state index is 13.0. The van der Waals surface area contributed by atoms with Crippen molar-refractivity contribution in [1.82, 2.24) is 13.9 Å². The van der Waals surface area contributed by atoms with Crippen molar-refractivity contribution in [3.8, 4) is 11.3 Å². The molecule has 0 aromatic carbocycles. The van der Waals surface area contributed by atoms with Gasteiger partial charge in [0.2, 0.25) is 0 Å².